The van der Waals surface area contributed by atoms with E-state index in [1.807, 2.05) is 24.3 Å². The van der Waals surface area contributed by atoms with E-state index in [-0.39, 0.29) is 5.54 Å². The summed E-state index contributed by atoms with van der Waals surface area (Å²) in [5, 5.41) is 16.9. The number of benzene rings is 1. The quantitative estimate of drug-likeness (QED) is 0.257. The van der Waals surface area contributed by atoms with Gasteiger partial charge in [-0.25, -0.2) is 22.9 Å². The molecule has 3 aromatic rings. The summed E-state index contributed by atoms with van der Waals surface area (Å²) < 4.78 is 59.6. The normalized spacial score (nSPS) is 18.1. The summed E-state index contributed by atoms with van der Waals surface area (Å²) in [4.78, 5) is 18.4. The average molecular weight is 602 g/mol. The number of rotatable bonds is 8. The molecule has 9 nitrogen and oxygen atoms in total. The minimum atomic E-state index is -5.08. The molecule has 220 valence electrons. The molecule has 0 saturated heterocycles. The molecule has 1 aliphatic rings. The molecule has 4 rings (SSSR count). The number of sulfonamides is 1. The Bertz CT molecular complexity index is 1370. The summed E-state index contributed by atoms with van der Waals surface area (Å²) >= 11 is 1.25. The second kappa shape index (κ2) is 13.1. The number of carbonyl (C=O) groups is 1. The van der Waals surface area contributed by atoms with Gasteiger partial charge in [0.05, 0.1) is 5.52 Å². The number of nitrogens with zero attached hydrogens (tertiary/aromatic N) is 2. The molecule has 0 spiro atoms. The Labute approximate surface area is 235 Å². The lowest BCUT2D eigenvalue weighted by Crippen LogP contribution is -2.32. The topological polar surface area (TPSA) is 133 Å². The third kappa shape index (κ3) is 9.59. The van der Waals surface area contributed by atoms with Crippen molar-refractivity contribution in [2.75, 3.05) is 23.7 Å². The fourth-order valence-electron chi connectivity index (χ4n) is 4.20. The number of carboxylic acids is 1. The molecule has 4 N–H and O–H groups in total. The Hall–Kier alpha value is -2.97. The van der Waals surface area contributed by atoms with Crippen LogP contribution in [-0.2, 0) is 14.8 Å². The number of carboxylic acid groups (broad SMARTS) is 1. The predicted molar refractivity (Wildman–Crippen MR) is 150 cm³/mol. The summed E-state index contributed by atoms with van der Waals surface area (Å²) in [6.07, 6.45) is -0.901. The molecule has 2 heterocycles. The third-order valence-corrected chi connectivity index (χ3v) is 9.00. The average Bonchev–Trinajstić information content (AvgIpc) is 3.42. The number of hydrogen-bond donors (Lipinski definition) is 4. The van der Waals surface area contributed by atoms with Crippen LogP contribution in [0.4, 0.5) is 24.9 Å². The van der Waals surface area contributed by atoms with Gasteiger partial charge in [0.1, 0.15) is 10.0 Å². The number of thiophene rings is 1. The van der Waals surface area contributed by atoms with Crippen LogP contribution in [0.25, 0.3) is 10.9 Å². The molecule has 0 aliphatic heterocycles. The fraction of sp³-hybridized carbons (Fsp3) is 0.500. The number of hydrogen-bond acceptors (Lipinski definition) is 8. The molecule has 2 aromatic heterocycles. The van der Waals surface area contributed by atoms with Crippen molar-refractivity contribution < 1.29 is 31.5 Å². The van der Waals surface area contributed by atoms with Gasteiger partial charge in [-0.2, -0.15) is 18.2 Å². The molecule has 0 bridgehead atoms. The maximum absolute atomic E-state index is 12.3. The van der Waals surface area contributed by atoms with Gasteiger partial charge in [0.25, 0.3) is 0 Å². The smallest absolute Gasteiger partial charge is 0.475 e. The van der Waals surface area contributed by atoms with Crippen LogP contribution in [0.3, 0.4) is 0 Å². The minimum absolute atomic E-state index is 0.0994. The van der Waals surface area contributed by atoms with Crippen LogP contribution in [0.1, 0.15) is 46.5 Å². The highest BCUT2D eigenvalue weighted by Crippen LogP contribution is 2.30. The maximum atomic E-state index is 12.3. The zero-order valence-corrected chi connectivity index (χ0v) is 24.1. The second-order valence-electron chi connectivity index (χ2n) is 10.6. The van der Waals surface area contributed by atoms with Crippen molar-refractivity contribution in [2.24, 2.45) is 11.8 Å². The Balaban J connectivity index is 0.000000559. The van der Waals surface area contributed by atoms with Crippen molar-refractivity contribution in [1.82, 2.24) is 14.7 Å². The molecule has 0 amide bonds. The SMILES string of the molecule is CC(C)(C)Nc1nc(NCC2CCC(CNS(=O)(=O)c3cccs3)CC2)nc2ccccc12.O=C(O)C(F)(F)F. The lowest BCUT2D eigenvalue weighted by molar-refractivity contribution is -0.192. The highest BCUT2D eigenvalue weighted by Gasteiger charge is 2.38. The van der Waals surface area contributed by atoms with Crippen LogP contribution in [-0.4, -0.2) is 54.3 Å². The first kappa shape index (κ1) is 31.6. The monoisotopic (exact) mass is 601 g/mol. The number of para-hydroxylation sites is 1. The maximum Gasteiger partial charge on any atom is 0.490 e. The van der Waals surface area contributed by atoms with Crippen molar-refractivity contribution in [3.05, 3.63) is 41.8 Å². The molecular weight excluding hydrogens is 567 g/mol. The van der Waals surface area contributed by atoms with E-state index in [1.165, 1.54) is 11.3 Å². The van der Waals surface area contributed by atoms with Crippen LogP contribution in [0.2, 0.25) is 0 Å². The first-order chi connectivity index (χ1) is 18.6. The van der Waals surface area contributed by atoms with E-state index in [0.29, 0.717) is 28.5 Å². The molecule has 1 saturated carbocycles. The largest absolute Gasteiger partial charge is 0.490 e. The van der Waals surface area contributed by atoms with E-state index < -0.39 is 22.2 Å². The highest BCUT2D eigenvalue weighted by atomic mass is 32.2. The highest BCUT2D eigenvalue weighted by molar-refractivity contribution is 7.91. The van der Waals surface area contributed by atoms with Crippen LogP contribution < -0.4 is 15.4 Å². The van der Waals surface area contributed by atoms with Crippen LogP contribution in [0.5, 0.6) is 0 Å². The number of alkyl halides is 3. The number of anilines is 2. The summed E-state index contributed by atoms with van der Waals surface area (Å²) in [6, 6.07) is 11.5. The molecular formula is C26H34F3N5O4S2. The molecule has 1 fully saturated rings. The number of aliphatic carboxylic acids is 1. The third-order valence-electron chi connectivity index (χ3n) is 6.18. The van der Waals surface area contributed by atoms with E-state index in [1.54, 1.807) is 17.5 Å². The summed E-state index contributed by atoms with van der Waals surface area (Å²) in [7, 11) is -3.38. The van der Waals surface area contributed by atoms with Crippen molar-refractivity contribution in [3.63, 3.8) is 0 Å². The molecule has 1 aromatic carbocycles. The van der Waals surface area contributed by atoms with Crippen LogP contribution in [0, 0.1) is 11.8 Å². The predicted octanol–water partition coefficient (Wildman–Crippen LogP) is 5.73. The number of halogens is 3. The van der Waals surface area contributed by atoms with E-state index in [0.717, 1.165) is 48.9 Å². The second-order valence-corrected chi connectivity index (χ2v) is 13.6. The van der Waals surface area contributed by atoms with Gasteiger partial charge in [-0.15, -0.1) is 11.3 Å². The van der Waals surface area contributed by atoms with Crippen molar-refractivity contribution in [1.29, 1.82) is 0 Å². The molecule has 0 atom stereocenters. The van der Waals surface area contributed by atoms with Gasteiger partial charge in [0, 0.05) is 24.0 Å². The molecule has 14 heteroatoms. The Morgan fingerprint density at radius 3 is 2.15 bits per heavy atom. The van der Waals surface area contributed by atoms with Crippen LogP contribution >= 0.6 is 11.3 Å². The molecule has 0 unspecified atom stereocenters. The zero-order chi connectivity index (χ0) is 29.6. The summed E-state index contributed by atoms with van der Waals surface area (Å²) in [5.74, 6) is -0.351. The first-order valence-corrected chi connectivity index (χ1v) is 15.1. The van der Waals surface area contributed by atoms with E-state index in [2.05, 4.69) is 36.1 Å². The van der Waals surface area contributed by atoms with Gasteiger partial charge in [-0.3, -0.25) is 0 Å². The van der Waals surface area contributed by atoms with Crippen molar-refractivity contribution >= 4 is 50.0 Å². The van der Waals surface area contributed by atoms with Crippen LogP contribution in [0.15, 0.2) is 46.0 Å². The van der Waals surface area contributed by atoms with Crippen molar-refractivity contribution in [3.8, 4) is 0 Å². The Morgan fingerprint density at radius 1 is 1.00 bits per heavy atom. The molecule has 0 radical (unpaired) electrons. The fourth-order valence-corrected chi connectivity index (χ4v) is 6.35. The van der Waals surface area contributed by atoms with E-state index in [4.69, 9.17) is 19.9 Å². The summed E-state index contributed by atoms with van der Waals surface area (Å²) in [5.41, 5.74) is 0.820. The van der Waals surface area contributed by atoms with E-state index >= 15 is 0 Å². The first-order valence-electron chi connectivity index (χ1n) is 12.8. The van der Waals surface area contributed by atoms with Gasteiger partial charge in [0.15, 0.2) is 0 Å². The molecule has 40 heavy (non-hydrogen) atoms. The van der Waals surface area contributed by atoms with Gasteiger partial charge in [-0.05, 0) is 81.9 Å². The molecule has 1 aliphatic carbocycles. The summed E-state index contributed by atoms with van der Waals surface area (Å²) in [6.45, 7) is 7.69. The number of nitrogens with one attached hydrogen (secondary N) is 3. The Morgan fingerprint density at radius 2 is 1.60 bits per heavy atom. The zero-order valence-electron chi connectivity index (χ0n) is 22.5. The Kier molecular flexibility index (Phi) is 10.4. The standard InChI is InChI=1S/C24H33N5O2S2.C2HF3O2/c1-24(2,3)29-22-19-7-4-5-8-20(19)27-23(28-22)25-15-17-10-12-18(13-11-17)16-26-33(30,31)21-9-6-14-32-21;3-2(4,5)1(6)7/h4-9,14,17-18,26H,10-13,15-16H2,1-3H3,(H2,25,27,28,29);(H,6,7). The van der Waals surface area contributed by atoms with Gasteiger partial charge in [-0.1, -0.05) is 18.2 Å². The van der Waals surface area contributed by atoms with Gasteiger partial charge < -0.3 is 15.7 Å². The lowest BCUT2D eigenvalue weighted by Gasteiger charge is -2.28. The van der Waals surface area contributed by atoms with Gasteiger partial charge in [0.2, 0.25) is 16.0 Å². The van der Waals surface area contributed by atoms with Gasteiger partial charge >= 0.3 is 12.1 Å². The lowest BCUT2D eigenvalue weighted by atomic mass is 9.82. The number of aromatic nitrogens is 2. The van der Waals surface area contributed by atoms with E-state index in [9.17, 15) is 21.6 Å². The minimum Gasteiger partial charge on any atom is -0.475 e. The van der Waals surface area contributed by atoms with Crippen molar-refractivity contribution in [2.45, 2.75) is 62.4 Å². The number of fused-ring (bicyclic) bond motifs is 1.